The number of methoxy groups -OCH3 is 1. The summed E-state index contributed by atoms with van der Waals surface area (Å²) in [5, 5.41) is 0. The zero-order valence-electron chi connectivity index (χ0n) is 11.9. The van der Waals surface area contributed by atoms with Crippen molar-refractivity contribution in [3.63, 3.8) is 0 Å². The predicted octanol–water partition coefficient (Wildman–Crippen LogP) is 2.41. The van der Waals surface area contributed by atoms with Gasteiger partial charge in [0.1, 0.15) is 6.33 Å². The Hall–Kier alpha value is -1.85. The minimum Gasteiger partial charge on any atom is -0.479 e. The van der Waals surface area contributed by atoms with Crippen LogP contribution in [0.1, 0.15) is 39.7 Å². The first-order chi connectivity index (χ1) is 9.13. The molecule has 0 aromatic carbocycles. The van der Waals surface area contributed by atoms with E-state index in [0.717, 1.165) is 18.5 Å². The van der Waals surface area contributed by atoms with Crippen LogP contribution in [-0.4, -0.2) is 26.6 Å². The van der Waals surface area contributed by atoms with E-state index in [0.29, 0.717) is 23.3 Å². The molecule has 2 rings (SSSR count). The van der Waals surface area contributed by atoms with Crippen LogP contribution in [0.3, 0.4) is 0 Å². The molecule has 1 unspecified atom stereocenters. The first-order valence-electron chi connectivity index (χ1n) is 6.66. The topological polar surface area (TPSA) is 78.9 Å². The molecule has 0 spiro atoms. The van der Waals surface area contributed by atoms with Crippen molar-refractivity contribution >= 4 is 17.1 Å². The molecule has 6 nitrogen and oxygen atoms in total. The van der Waals surface area contributed by atoms with Crippen molar-refractivity contribution in [2.45, 2.75) is 39.7 Å². The van der Waals surface area contributed by atoms with Crippen molar-refractivity contribution in [1.82, 2.24) is 19.5 Å². The summed E-state index contributed by atoms with van der Waals surface area (Å²) >= 11 is 0. The van der Waals surface area contributed by atoms with E-state index in [-0.39, 0.29) is 6.04 Å². The number of aromatic nitrogens is 4. The fourth-order valence-corrected chi connectivity index (χ4v) is 2.64. The number of ether oxygens (including phenoxy) is 1. The van der Waals surface area contributed by atoms with Crippen molar-refractivity contribution in [2.24, 2.45) is 5.92 Å². The monoisotopic (exact) mass is 263 g/mol. The maximum absolute atomic E-state index is 6.05. The van der Waals surface area contributed by atoms with Gasteiger partial charge in [0.15, 0.2) is 11.2 Å². The lowest BCUT2D eigenvalue weighted by Crippen LogP contribution is -2.17. The smallest absolute Gasteiger partial charge is 0.245 e. The number of rotatable bonds is 5. The van der Waals surface area contributed by atoms with Gasteiger partial charge in [0.05, 0.1) is 7.11 Å². The Balaban J connectivity index is 2.57. The van der Waals surface area contributed by atoms with Crippen molar-refractivity contribution in [3.05, 3.63) is 6.33 Å². The van der Waals surface area contributed by atoms with E-state index in [1.807, 2.05) is 4.57 Å². The molecule has 0 saturated carbocycles. The van der Waals surface area contributed by atoms with Gasteiger partial charge in [0.25, 0.3) is 0 Å². The zero-order chi connectivity index (χ0) is 14.0. The fourth-order valence-electron chi connectivity index (χ4n) is 2.64. The Morgan fingerprint density at radius 1 is 1.32 bits per heavy atom. The lowest BCUT2D eigenvalue weighted by molar-refractivity contribution is 0.341. The van der Waals surface area contributed by atoms with E-state index < -0.39 is 0 Å². The van der Waals surface area contributed by atoms with E-state index in [4.69, 9.17) is 10.5 Å². The fraction of sp³-hybridized carbons (Fsp3) is 0.615. The molecule has 19 heavy (non-hydrogen) atoms. The van der Waals surface area contributed by atoms with E-state index in [9.17, 15) is 0 Å². The Kier molecular flexibility index (Phi) is 3.87. The molecule has 0 aliphatic rings. The highest BCUT2D eigenvalue weighted by molar-refractivity contribution is 5.79. The molecule has 0 aliphatic carbocycles. The Morgan fingerprint density at radius 2 is 2.00 bits per heavy atom. The number of nitrogens with zero attached hydrogens (tertiary/aromatic N) is 4. The summed E-state index contributed by atoms with van der Waals surface area (Å²) < 4.78 is 7.19. The van der Waals surface area contributed by atoms with Crippen molar-refractivity contribution in [3.8, 4) is 5.88 Å². The van der Waals surface area contributed by atoms with Gasteiger partial charge in [-0.15, -0.1) is 0 Å². The number of hydrogen-bond acceptors (Lipinski definition) is 5. The highest BCUT2D eigenvalue weighted by Gasteiger charge is 2.22. The van der Waals surface area contributed by atoms with Crippen LogP contribution < -0.4 is 10.5 Å². The van der Waals surface area contributed by atoms with Crippen LogP contribution in [0.5, 0.6) is 5.88 Å². The number of anilines is 1. The van der Waals surface area contributed by atoms with Gasteiger partial charge in [-0.3, -0.25) is 4.57 Å². The van der Waals surface area contributed by atoms with Crippen LogP contribution >= 0.6 is 0 Å². The third-order valence-corrected chi connectivity index (χ3v) is 3.80. The highest BCUT2D eigenvalue weighted by Crippen LogP contribution is 2.31. The molecule has 0 saturated heterocycles. The molecule has 0 radical (unpaired) electrons. The van der Waals surface area contributed by atoms with Crippen LogP contribution in [0.15, 0.2) is 6.33 Å². The zero-order valence-corrected chi connectivity index (χ0v) is 11.9. The largest absolute Gasteiger partial charge is 0.479 e. The van der Waals surface area contributed by atoms with Crippen LogP contribution in [0.4, 0.5) is 5.95 Å². The summed E-state index contributed by atoms with van der Waals surface area (Å²) in [5.41, 5.74) is 7.42. The molecule has 6 heteroatoms. The summed E-state index contributed by atoms with van der Waals surface area (Å²) in [6.45, 7) is 6.54. The number of nitrogen functional groups attached to an aromatic ring is 1. The molecule has 1 atom stereocenters. The van der Waals surface area contributed by atoms with E-state index in [1.165, 1.54) is 6.33 Å². The quantitative estimate of drug-likeness (QED) is 0.896. The number of imidazole rings is 1. The van der Waals surface area contributed by atoms with Gasteiger partial charge >= 0.3 is 0 Å². The van der Waals surface area contributed by atoms with E-state index >= 15 is 0 Å². The minimum atomic E-state index is 0.250. The summed E-state index contributed by atoms with van der Waals surface area (Å²) in [6, 6.07) is 0.250. The SMILES string of the molecule is CCC(CC)C(C)n1c(N)nc2c(OC)ncnc21. The lowest BCUT2D eigenvalue weighted by atomic mass is 9.95. The maximum atomic E-state index is 6.05. The molecule has 0 amide bonds. The second-order valence-corrected chi connectivity index (χ2v) is 4.71. The lowest BCUT2D eigenvalue weighted by Gasteiger charge is -2.23. The van der Waals surface area contributed by atoms with Crippen LogP contribution in [-0.2, 0) is 0 Å². The van der Waals surface area contributed by atoms with Crippen LogP contribution in [0, 0.1) is 5.92 Å². The van der Waals surface area contributed by atoms with Gasteiger partial charge < -0.3 is 10.5 Å². The third kappa shape index (κ3) is 2.22. The van der Waals surface area contributed by atoms with Crippen molar-refractivity contribution < 1.29 is 4.74 Å². The van der Waals surface area contributed by atoms with Gasteiger partial charge in [-0.2, -0.15) is 4.98 Å². The molecular weight excluding hydrogens is 242 g/mol. The first kappa shape index (κ1) is 13.6. The van der Waals surface area contributed by atoms with Crippen LogP contribution in [0.2, 0.25) is 0 Å². The molecule has 2 aromatic rings. The molecule has 0 bridgehead atoms. The average Bonchev–Trinajstić information content (AvgIpc) is 2.75. The number of hydrogen-bond donors (Lipinski definition) is 1. The normalized spacial score (nSPS) is 13.1. The molecule has 104 valence electrons. The van der Waals surface area contributed by atoms with Gasteiger partial charge in [0, 0.05) is 6.04 Å². The summed E-state index contributed by atoms with van der Waals surface area (Å²) in [4.78, 5) is 12.7. The van der Waals surface area contributed by atoms with Crippen molar-refractivity contribution in [1.29, 1.82) is 0 Å². The van der Waals surface area contributed by atoms with Gasteiger partial charge in [-0.25, -0.2) is 9.97 Å². The predicted molar refractivity (Wildman–Crippen MR) is 75.1 cm³/mol. The third-order valence-electron chi connectivity index (χ3n) is 3.80. The molecular formula is C13H21N5O. The van der Waals surface area contributed by atoms with E-state index in [1.54, 1.807) is 7.11 Å². The van der Waals surface area contributed by atoms with Gasteiger partial charge in [-0.1, -0.05) is 26.7 Å². The highest BCUT2D eigenvalue weighted by atomic mass is 16.5. The second-order valence-electron chi connectivity index (χ2n) is 4.71. The standard InChI is InChI=1S/C13H21N5O/c1-5-9(6-2)8(3)18-11-10(17-13(18)14)12(19-4)16-7-15-11/h7-9H,5-6H2,1-4H3,(H2,14,17). The molecule has 0 fully saturated rings. The van der Waals surface area contributed by atoms with Crippen LogP contribution in [0.25, 0.3) is 11.2 Å². The number of fused-ring (bicyclic) bond motifs is 1. The Labute approximate surface area is 113 Å². The first-order valence-corrected chi connectivity index (χ1v) is 6.66. The Morgan fingerprint density at radius 3 is 2.58 bits per heavy atom. The van der Waals surface area contributed by atoms with Gasteiger partial charge in [0.2, 0.25) is 11.8 Å². The summed E-state index contributed by atoms with van der Waals surface area (Å²) in [6.07, 6.45) is 3.68. The van der Waals surface area contributed by atoms with Gasteiger partial charge in [-0.05, 0) is 12.8 Å². The summed E-state index contributed by atoms with van der Waals surface area (Å²) in [7, 11) is 1.57. The molecule has 2 N–H and O–H groups in total. The Bertz CT molecular complexity index is 561. The molecule has 0 aliphatic heterocycles. The maximum Gasteiger partial charge on any atom is 0.245 e. The van der Waals surface area contributed by atoms with Crippen molar-refractivity contribution in [2.75, 3.05) is 12.8 Å². The number of nitrogens with two attached hydrogens (primary N) is 1. The molecule has 2 aromatic heterocycles. The average molecular weight is 263 g/mol. The van der Waals surface area contributed by atoms with E-state index in [2.05, 4.69) is 35.7 Å². The minimum absolute atomic E-state index is 0.250. The summed E-state index contributed by atoms with van der Waals surface area (Å²) in [5.74, 6) is 1.47. The molecule has 2 heterocycles. The second kappa shape index (κ2) is 5.42.